The first-order valence-electron chi connectivity index (χ1n) is 15.7. The Morgan fingerprint density at radius 2 is 1.72 bits per heavy atom. The Balaban J connectivity index is 1.37. The molecule has 9 nitrogen and oxygen atoms in total. The lowest BCUT2D eigenvalue weighted by Gasteiger charge is -2.28. The van der Waals surface area contributed by atoms with E-state index in [0.29, 0.717) is 39.0 Å². The van der Waals surface area contributed by atoms with E-state index in [0.717, 1.165) is 55.4 Å². The van der Waals surface area contributed by atoms with Gasteiger partial charge in [0.1, 0.15) is 23.4 Å². The van der Waals surface area contributed by atoms with Gasteiger partial charge in [0.15, 0.2) is 5.78 Å². The average Bonchev–Trinajstić information content (AvgIpc) is 3.56. The van der Waals surface area contributed by atoms with Gasteiger partial charge in [-0.1, -0.05) is 61.7 Å². The van der Waals surface area contributed by atoms with E-state index in [1.165, 1.54) is 0 Å². The van der Waals surface area contributed by atoms with E-state index in [-0.39, 0.29) is 24.0 Å². The molecule has 9 heteroatoms. The van der Waals surface area contributed by atoms with Crippen molar-refractivity contribution in [1.29, 1.82) is 0 Å². The zero-order valence-electron chi connectivity index (χ0n) is 25.0. The van der Waals surface area contributed by atoms with E-state index in [1.807, 2.05) is 54.6 Å². The number of hydrogen-bond donors (Lipinski definition) is 2. The van der Waals surface area contributed by atoms with E-state index in [1.54, 1.807) is 11.8 Å². The van der Waals surface area contributed by atoms with Crippen LogP contribution in [0.25, 0.3) is 0 Å². The average molecular weight is 590 g/mol. The summed E-state index contributed by atoms with van der Waals surface area (Å²) in [6, 6.07) is 14.7. The number of rotatable bonds is 6. The second-order valence-electron chi connectivity index (χ2n) is 12.2. The van der Waals surface area contributed by atoms with Gasteiger partial charge in [-0.05, 0) is 62.3 Å². The van der Waals surface area contributed by atoms with Crippen LogP contribution in [0.2, 0.25) is 0 Å². The van der Waals surface area contributed by atoms with Crippen molar-refractivity contribution < 1.29 is 28.7 Å². The Labute approximate surface area is 253 Å². The summed E-state index contributed by atoms with van der Waals surface area (Å²) in [4.78, 5) is 55.7. The van der Waals surface area contributed by atoms with Gasteiger partial charge in [0.05, 0.1) is 19.3 Å². The number of ether oxygens (including phenoxy) is 2. The maximum Gasteiger partial charge on any atom is 0.243 e. The van der Waals surface area contributed by atoms with E-state index < -0.39 is 29.6 Å². The van der Waals surface area contributed by atoms with Gasteiger partial charge in [-0.2, -0.15) is 0 Å². The lowest BCUT2D eigenvalue weighted by molar-refractivity contribution is -0.139. The summed E-state index contributed by atoms with van der Waals surface area (Å²) in [6.45, 7) is 3.20. The maximum absolute atomic E-state index is 13.9. The summed E-state index contributed by atoms with van der Waals surface area (Å²) in [5.41, 5.74) is 0.826. The molecule has 2 saturated heterocycles. The lowest BCUT2D eigenvalue weighted by Crippen LogP contribution is -2.57. The molecule has 230 valence electrons. The largest absolute Gasteiger partial charge is 0.494 e. The summed E-state index contributed by atoms with van der Waals surface area (Å²) in [6.07, 6.45) is 7.01. The number of carbonyl (C=O) groups excluding carboxylic acids is 4. The Morgan fingerprint density at radius 1 is 1.00 bits per heavy atom. The Bertz CT molecular complexity index is 1280. The predicted molar refractivity (Wildman–Crippen MR) is 161 cm³/mol. The molecule has 2 bridgehead atoms. The first kappa shape index (κ1) is 30.7. The molecule has 0 saturated carbocycles. The van der Waals surface area contributed by atoms with Crippen LogP contribution in [0.15, 0.2) is 54.6 Å². The van der Waals surface area contributed by atoms with Crippen molar-refractivity contribution >= 4 is 23.5 Å². The highest BCUT2D eigenvalue weighted by Gasteiger charge is 2.50. The molecule has 4 aliphatic heterocycles. The van der Waals surface area contributed by atoms with Crippen LogP contribution >= 0.6 is 0 Å². The molecule has 0 aromatic heterocycles. The minimum absolute atomic E-state index is 0.0126. The van der Waals surface area contributed by atoms with Gasteiger partial charge in [0, 0.05) is 19.4 Å². The molecule has 0 radical (unpaired) electrons. The molecule has 6 rings (SSSR count). The van der Waals surface area contributed by atoms with E-state index in [9.17, 15) is 19.2 Å². The van der Waals surface area contributed by atoms with Gasteiger partial charge < -0.3 is 25.0 Å². The first-order valence-corrected chi connectivity index (χ1v) is 15.7. The van der Waals surface area contributed by atoms with Gasteiger partial charge in [0.25, 0.3) is 0 Å². The quantitative estimate of drug-likeness (QED) is 0.498. The zero-order valence-corrected chi connectivity index (χ0v) is 25.0. The van der Waals surface area contributed by atoms with Crippen molar-refractivity contribution in [1.82, 2.24) is 15.5 Å². The Kier molecular flexibility index (Phi) is 10.1. The third kappa shape index (κ3) is 8.22. The molecular formula is C34H43N3O6. The SMILES string of the molecule is C[C@]1(C(=O)C(Cc2ccccc2)NC(=O)[C@@H]2Cc3ccc(cc3)OCCCCCCCC(=O)N3CCC[C@H]3C(=O)N2)CO1. The number of hydrogen-bond acceptors (Lipinski definition) is 6. The summed E-state index contributed by atoms with van der Waals surface area (Å²) in [7, 11) is 0. The maximum atomic E-state index is 13.9. The Morgan fingerprint density at radius 3 is 2.47 bits per heavy atom. The van der Waals surface area contributed by atoms with Crippen molar-refractivity contribution in [2.24, 2.45) is 0 Å². The van der Waals surface area contributed by atoms with Crippen LogP contribution in [0.3, 0.4) is 0 Å². The van der Waals surface area contributed by atoms with Gasteiger partial charge in [-0.25, -0.2) is 0 Å². The highest BCUT2D eigenvalue weighted by Crippen LogP contribution is 2.29. The molecule has 3 amide bonds. The second kappa shape index (κ2) is 14.2. The van der Waals surface area contributed by atoms with Gasteiger partial charge >= 0.3 is 0 Å². The highest BCUT2D eigenvalue weighted by atomic mass is 16.6. The van der Waals surface area contributed by atoms with Gasteiger partial charge in [0.2, 0.25) is 17.7 Å². The monoisotopic (exact) mass is 589 g/mol. The van der Waals surface area contributed by atoms with Crippen LogP contribution in [0.5, 0.6) is 5.75 Å². The normalized spacial score (nSPS) is 25.7. The van der Waals surface area contributed by atoms with Gasteiger partial charge in [-0.3, -0.25) is 19.2 Å². The van der Waals surface area contributed by atoms with E-state index >= 15 is 0 Å². The molecule has 2 N–H and O–H groups in total. The first-order chi connectivity index (χ1) is 20.8. The molecule has 4 aliphatic rings. The molecule has 1 unspecified atom stereocenters. The van der Waals surface area contributed by atoms with Crippen LogP contribution in [-0.4, -0.2) is 71.9 Å². The summed E-state index contributed by atoms with van der Waals surface area (Å²) in [5, 5.41) is 5.90. The van der Waals surface area contributed by atoms with Crippen molar-refractivity contribution in [3.8, 4) is 5.75 Å². The van der Waals surface area contributed by atoms with E-state index in [4.69, 9.17) is 9.47 Å². The molecule has 2 fully saturated rings. The number of Topliss-reactive ketones (excluding diaryl/α,β-unsaturated/α-hetero) is 1. The molecule has 0 spiro atoms. The second-order valence-corrected chi connectivity index (χ2v) is 12.2. The van der Waals surface area contributed by atoms with Crippen LogP contribution in [0.4, 0.5) is 0 Å². The smallest absolute Gasteiger partial charge is 0.243 e. The lowest BCUT2D eigenvalue weighted by atomic mass is 9.94. The number of fused-ring (bicyclic) bond motifs is 13. The molecular weight excluding hydrogens is 546 g/mol. The summed E-state index contributed by atoms with van der Waals surface area (Å²) < 4.78 is 11.3. The molecule has 4 heterocycles. The molecule has 2 aromatic rings. The van der Waals surface area contributed by atoms with Crippen LogP contribution in [-0.2, 0) is 36.8 Å². The highest BCUT2D eigenvalue weighted by molar-refractivity contribution is 5.98. The summed E-state index contributed by atoms with van der Waals surface area (Å²) >= 11 is 0. The molecule has 4 atom stereocenters. The Hall–Kier alpha value is -3.72. The van der Waals surface area contributed by atoms with Crippen molar-refractivity contribution in [3.05, 3.63) is 65.7 Å². The predicted octanol–water partition coefficient (Wildman–Crippen LogP) is 3.52. The van der Waals surface area contributed by atoms with E-state index in [2.05, 4.69) is 10.6 Å². The van der Waals surface area contributed by atoms with Crippen LogP contribution in [0.1, 0.15) is 69.4 Å². The minimum Gasteiger partial charge on any atom is -0.494 e. The fourth-order valence-electron chi connectivity index (χ4n) is 5.97. The van der Waals surface area contributed by atoms with Crippen molar-refractivity contribution in [2.75, 3.05) is 19.8 Å². The van der Waals surface area contributed by atoms with Crippen molar-refractivity contribution in [3.63, 3.8) is 0 Å². The van der Waals surface area contributed by atoms with Gasteiger partial charge in [-0.15, -0.1) is 0 Å². The number of epoxide rings is 1. The number of nitrogens with zero attached hydrogens (tertiary/aromatic N) is 1. The van der Waals surface area contributed by atoms with Crippen LogP contribution < -0.4 is 15.4 Å². The standard InChI is InChI=1S/C34H43N3O6/c1-34(23-43-34)31(39)27(21-24-11-6-5-7-12-24)35-32(40)28-22-25-15-17-26(18-16-25)42-20-9-4-2-3-8-14-30(38)37-19-10-13-29(37)33(41)36-28/h5-7,11-12,15-18,27-29H,2-4,8-10,13-14,19-23H2,1H3,(H,35,40)(H,36,41)/t27?,28-,29-,34+/m0/s1. The topological polar surface area (TPSA) is 117 Å². The molecule has 43 heavy (non-hydrogen) atoms. The number of nitrogens with one attached hydrogen (secondary N) is 2. The number of benzene rings is 2. The minimum atomic E-state index is -0.946. The third-order valence-electron chi connectivity index (χ3n) is 8.69. The number of carbonyl (C=O) groups is 4. The fourth-order valence-corrected chi connectivity index (χ4v) is 5.97. The molecule has 0 aliphatic carbocycles. The summed E-state index contributed by atoms with van der Waals surface area (Å²) in [5.74, 6) is -0.242. The number of amides is 3. The van der Waals surface area contributed by atoms with Crippen molar-refractivity contribution in [2.45, 2.75) is 94.9 Å². The number of ketones is 1. The zero-order chi connectivity index (χ0) is 30.2. The fraction of sp³-hybridized carbons (Fsp3) is 0.529. The molecule has 2 aromatic carbocycles. The third-order valence-corrected chi connectivity index (χ3v) is 8.69. The van der Waals surface area contributed by atoms with Crippen LogP contribution in [0, 0.1) is 0 Å².